The van der Waals surface area contributed by atoms with Gasteiger partial charge in [0.2, 0.25) is 12.0 Å². The number of imidazole rings is 1. The van der Waals surface area contributed by atoms with Crippen LogP contribution in [0.1, 0.15) is 19.9 Å². The molecule has 0 radical (unpaired) electrons. The third-order valence-corrected chi connectivity index (χ3v) is 3.67. The Bertz CT molecular complexity index is 945. The maximum atomic E-state index is 5.95. The second-order valence-corrected chi connectivity index (χ2v) is 5.38. The summed E-state index contributed by atoms with van der Waals surface area (Å²) in [5, 5.41) is 2.12. The molecular formula is C17H15AgIN3O. The van der Waals surface area contributed by atoms with Crippen molar-refractivity contribution in [3.63, 3.8) is 0 Å². The van der Waals surface area contributed by atoms with Gasteiger partial charge in [-0.3, -0.25) is 0 Å². The number of pyridine rings is 1. The Kier molecular flexibility index (Phi) is 5.21. The van der Waals surface area contributed by atoms with E-state index in [9.17, 15) is 0 Å². The van der Waals surface area contributed by atoms with Crippen molar-refractivity contribution >= 4 is 41.1 Å². The van der Waals surface area contributed by atoms with E-state index >= 15 is 0 Å². The third kappa shape index (κ3) is 3.10. The molecule has 122 valence electrons. The van der Waals surface area contributed by atoms with E-state index in [1.165, 1.54) is 0 Å². The van der Waals surface area contributed by atoms with Gasteiger partial charge in [-0.2, -0.15) is 0 Å². The average molecular weight is 512 g/mol. The van der Waals surface area contributed by atoms with Crippen molar-refractivity contribution in [3.8, 4) is 5.69 Å². The standard InChI is InChI=1S/C17H15N3O.Ag.HI/c1-12(2)19-9-10-20(11-19)15-7-3-5-13-14-6-4-8-18-17(14)21-16(13)15;;/h3-10,12H,1-2H3;;1H/q;+1;/p-1. The molecule has 0 N–H and O–H groups in total. The van der Waals surface area contributed by atoms with Crippen LogP contribution >= 0.6 is 19.0 Å². The summed E-state index contributed by atoms with van der Waals surface area (Å²) in [7, 11) is 0. The van der Waals surface area contributed by atoms with Crippen LogP contribution in [0.2, 0.25) is 0 Å². The zero-order valence-electron chi connectivity index (χ0n) is 12.6. The molecule has 0 aliphatic heterocycles. The van der Waals surface area contributed by atoms with E-state index in [1.54, 1.807) is 6.20 Å². The predicted molar refractivity (Wildman–Crippen MR) is 94.3 cm³/mol. The molecule has 0 unspecified atom stereocenters. The predicted octanol–water partition coefficient (Wildman–Crippen LogP) is 4.32. The number of hydrogen-bond donors (Lipinski definition) is 0. The summed E-state index contributed by atoms with van der Waals surface area (Å²) >= 11 is 4.88. The van der Waals surface area contributed by atoms with Crippen LogP contribution in [-0.4, -0.2) is 9.55 Å². The Balaban J connectivity index is 0.000000753. The van der Waals surface area contributed by atoms with Gasteiger partial charge in [-0.1, -0.05) is 18.2 Å². The van der Waals surface area contributed by atoms with E-state index < -0.39 is 0 Å². The van der Waals surface area contributed by atoms with Crippen molar-refractivity contribution in [2.24, 2.45) is 0 Å². The molecule has 0 saturated heterocycles. The first kappa shape index (κ1) is 16.7. The van der Waals surface area contributed by atoms with Gasteiger partial charge in [0.25, 0.3) is 0 Å². The van der Waals surface area contributed by atoms with Crippen LogP contribution < -0.4 is 4.57 Å². The van der Waals surface area contributed by atoms with Gasteiger partial charge in [-0.15, -0.1) is 0 Å². The van der Waals surface area contributed by atoms with Crippen molar-refractivity contribution < 1.29 is 26.2 Å². The summed E-state index contributed by atoms with van der Waals surface area (Å²) in [6.45, 7) is 4.26. The Morgan fingerprint density at radius 1 is 1.22 bits per heavy atom. The number of halogens is 1. The van der Waals surface area contributed by atoms with Gasteiger partial charge in [0.1, 0.15) is 5.58 Å². The number of nitrogens with zero attached hydrogens (tertiary/aromatic N) is 3. The molecule has 0 atom stereocenters. The zero-order valence-corrected chi connectivity index (χ0v) is 16.3. The molecule has 4 nitrogen and oxygen atoms in total. The molecule has 0 saturated carbocycles. The molecule has 23 heavy (non-hydrogen) atoms. The van der Waals surface area contributed by atoms with Gasteiger partial charge in [0.15, 0.2) is 0 Å². The molecule has 0 aliphatic rings. The molecule has 0 amide bonds. The first-order chi connectivity index (χ1) is 11.2. The number of para-hydroxylation sites is 1. The van der Waals surface area contributed by atoms with Crippen LogP contribution in [-0.2, 0) is 17.3 Å². The Labute approximate surface area is 157 Å². The fourth-order valence-electron chi connectivity index (χ4n) is 2.56. The molecule has 4 aromatic rings. The first-order valence-corrected chi connectivity index (χ1v) is 11.5. The van der Waals surface area contributed by atoms with E-state index in [1.807, 2.05) is 64.8 Å². The van der Waals surface area contributed by atoms with Crippen LogP contribution in [0.5, 0.6) is 0 Å². The van der Waals surface area contributed by atoms with E-state index in [0.29, 0.717) is 11.8 Å². The minimum absolute atomic E-state index is 0.378. The van der Waals surface area contributed by atoms with Crippen molar-refractivity contribution in [1.29, 1.82) is 0 Å². The van der Waals surface area contributed by atoms with Gasteiger partial charge < -0.3 is 13.6 Å². The summed E-state index contributed by atoms with van der Waals surface area (Å²) in [6.07, 6.45) is 9.08. The molecule has 4 rings (SSSR count). The van der Waals surface area contributed by atoms with E-state index in [2.05, 4.69) is 48.5 Å². The van der Waals surface area contributed by atoms with Gasteiger partial charge >= 0.3 is 36.3 Å². The number of benzene rings is 1. The Morgan fingerprint density at radius 3 is 2.74 bits per heavy atom. The molecule has 0 aliphatic carbocycles. The van der Waals surface area contributed by atoms with Crippen molar-refractivity contribution in [2.45, 2.75) is 19.9 Å². The number of hydrogen-bond acceptors (Lipinski definition) is 2. The monoisotopic (exact) mass is 511 g/mol. The molecule has 0 bridgehead atoms. The summed E-state index contributed by atoms with van der Waals surface area (Å²) in [5.41, 5.74) is 2.49. The van der Waals surface area contributed by atoms with E-state index in [-0.39, 0.29) is 0 Å². The quantitative estimate of drug-likeness (QED) is 0.174. The minimum atomic E-state index is 0.378. The number of rotatable bonds is 2. The van der Waals surface area contributed by atoms with Crippen LogP contribution in [0, 0.1) is 6.33 Å². The van der Waals surface area contributed by atoms with Crippen LogP contribution in [0.3, 0.4) is 0 Å². The fourth-order valence-corrected chi connectivity index (χ4v) is 2.56. The van der Waals surface area contributed by atoms with Crippen molar-refractivity contribution in [3.05, 3.63) is 55.2 Å². The van der Waals surface area contributed by atoms with Crippen LogP contribution in [0.4, 0.5) is 0 Å². The number of furan rings is 1. The molecule has 1 aromatic carbocycles. The number of fused-ring (bicyclic) bond motifs is 3. The van der Waals surface area contributed by atoms with Gasteiger partial charge in [-0.05, 0) is 26.0 Å². The summed E-state index contributed by atoms with van der Waals surface area (Å²) in [4.78, 5) is 4.30. The topological polar surface area (TPSA) is 34.8 Å². The van der Waals surface area contributed by atoms with E-state index in [0.717, 1.165) is 22.0 Å². The molecule has 0 spiro atoms. The van der Waals surface area contributed by atoms with E-state index in [4.69, 9.17) is 4.42 Å². The molecule has 3 heterocycles. The molecule has 3 aromatic heterocycles. The van der Waals surface area contributed by atoms with Crippen LogP contribution in [0.25, 0.3) is 27.8 Å². The van der Waals surface area contributed by atoms with Gasteiger partial charge in [-0.25, -0.2) is 4.98 Å². The first-order valence-electron chi connectivity index (χ1n) is 7.14. The normalized spacial score (nSPS) is 11.0. The molecule has 0 fully saturated rings. The van der Waals surface area contributed by atoms with Gasteiger partial charge in [0.05, 0.1) is 11.7 Å². The number of aromatic nitrogens is 3. The molecular weight excluding hydrogens is 497 g/mol. The van der Waals surface area contributed by atoms with Gasteiger partial charge in [0, 0.05) is 29.4 Å². The average Bonchev–Trinajstić information content (AvgIpc) is 3.21. The third-order valence-electron chi connectivity index (χ3n) is 3.67. The van der Waals surface area contributed by atoms with Crippen molar-refractivity contribution in [1.82, 2.24) is 9.55 Å². The Morgan fingerprint density at radius 2 is 2.00 bits per heavy atom. The van der Waals surface area contributed by atoms with Crippen LogP contribution in [0.15, 0.2) is 53.3 Å². The maximum absolute atomic E-state index is 5.95. The fraction of sp³-hybridized carbons (Fsp3) is 0.176. The molecule has 6 heteroatoms. The Hall–Kier alpha value is -1.15. The second kappa shape index (κ2) is 7.17. The SMILES string of the molecule is CC(C)n1[c-][n+](-c2cccc3c2oc2ncccc23)cc1.[Ag][I]. The summed E-state index contributed by atoms with van der Waals surface area (Å²) in [5.74, 6) is 0. The zero-order chi connectivity index (χ0) is 16.4. The second-order valence-electron chi connectivity index (χ2n) is 5.38. The summed E-state index contributed by atoms with van der Waals surface area (Å²) in [6, 6.07) is 10.5. The summed E-state index contributed by atoms with van der Waals surface area (Å²) < 4.78 is 9.95. The van der Waals surface area contributed by atoms with Crippen molar-refractivity contribution in [2.75, 3.05) is 0 Å².